The predicted octanol–water partition coefficient (Wildman–Crippen LogP) is 1.15. The Kier molecular flexibility index (Phi) is 5.50. The van der Waals surface area contributed by atoms with E-state index in [1.54, 1.807) is 7.11 Å². The first-order valence-electron chi connectivity index (χ1n) is 8.82. The van der Waals surface area contributed by atoms with Gasteiger partial charge in [0.25, 0.3) is 5.91 Å². The molecule has 0 N–H and O–H groups in total. The molecule has 2 aliphatic rings. The average molecular weight is 369 g/mol. The molecule has 0 saturated carbocycles. The van der Waals surface area contributed by atoms with E-state index < -0.39 is 10.0 Å². The summed E-state index contributed by atoms with van der Waals surface area (Å²) in [7, 11) is -1.51. The summed E-state index contributed by atoms with van der Waals surface area (Å²) in [4.78, 5) is 14.8. The minimum Gasteiger partial charge on any atom is -0.384 e. The molecule has 0 unspecified atom stereocenters. The number of rotatable bonds is 4. The number of piperidine rings is 1. The molecule has 1 aromatic rings. The Labute approximate surface area is 149 Å². The second-order valence-corrected chi connectivity index (χ2v) is 8.99. The van der Waals surface area contributed by atoms with E-state index in [0.29, 0.717) is 37.7 Å². The van der Waals surface area contributed by atoms with Gasteiger partial charge < -0.3 is 14.2 Å². The summed E-state index contributed by atoms with van der Waals surface area (Å²) < 4.78 is 32.4. The molecule has 1 amide bonds. The topological polar surface area (TPSA) is 71.8 Å². The monoisotopic (exact) mass is 369 g/mol. The molecule has 1 fully saturated rings. The molecule has 0 atom stereocenters. The Morgan fingerprint density at radius 1 is 1.20 bits per heavy atom. The summed E-state index contributed by atoms with van der Waals surface area (Å²) in [6, 6.07) is 3.72. The highest BCUT2D eigenvalue weighted by Gasteiger charge is 2.28. The molecule has 1 aromatic heterocycles. The van der Waals surface area contributed by atoms with Crippen molar-refractivity contribution < 1.29 is 17.9 Å². The van der Waals surface area contributed by atoms with Crippen LogP contribution in [0.4, 0.5) is 0 Å². The lowest BCUT2D eigenvalue weighted by molar-refractivity contribution is 0.0603. The van der Waals surface area contributed by atoms with Crippen molar-refractivity contribution in [2.75, 3.05) is 39.6 Å². The number of nitrogens with zero attached hydrogens (tertiary/aromatic N) is 3. The van der Waals surface area contributed by atoms with Crippen molar-refractivity contribution in [3.63, 3.8) is 0 Å². The van der Waals surface area contributed by atoms with Crippen molar-refractivity contribution >= 4 is 15.9 Å². The molecule has 0 radical (unpaired) electrons. The van der Waals surface area contributed by atoms with E-state index in [1.807, 2.05) is 21.6 Å². The van der Waals surface area contributed by atoms with Gasteiger partial charge in [-0.3, -0.25) is 4.79 Å². The molecule has 25 heavy (non-hydrogen) atoms. The van der Waals surface area contributed by atoms with E-state index in [4.69, 9.17) is 4.74 Å². The van der Waals surface area contributed by atoms with Gasteiger partial charge in [-0.2, -0.15) is 4.31 Å². The van der Waals surface area contributed by atoms with Crippen LogP contribution < -0.4 is 0 Å². The fraction of sp³-hybridized carbons (Fsp3) is 0.706. The first-order valence-corrected chi connectivity index (χ1v) is 10.7. The van der Waals surface area contributed by atoms with Crippen LogP contribution in [0.2, 0.25) is 0 Å². The molecule has 8 heteroatoms. The Hall–Kier alpha value is -1.38. The highest BCUT2D eigenvalue weighted by atomic mass is 32.2. The number of sulfonamides is 1. The van der Waals surface area contributed by atoms with Gasteiger partial charge in [0.1, 0.15) is 5.69 Å². The van der Waals surface area contributed by atoms with Gasteiger partial charge in [-0.1, -0.05) is 0 Å². The van der Waals surface area contributed by atoms with Crippen molar-refractivity contribution in [1.82, 2.24) is 13.8 Å². The maximum absolute atomic E-state index is 12.9. The van der Waals surface area contributed by atoms with E-state index in [0.717, 1.165) is 38.2 Å². The summed E-state index contributed by atoms with van der Waals surface area (Å²) in [5, 5.41) is 0. The highest BCUT2D eigenvalue weighted by Crippen LogP contribution is 2.23. The summed E-state index contributed by atoms with van der Waals surface area (Å²) >= 11 is 0. The number of ether oxygens (including phenoxy) is 1. The van der Waals surface area contributed by atoms with Crippen molar-refractivity contribution in [2.24, 2.45) is 5.92 Å². The minimum atomic E-state index is -3.22. The largest absolute Gasteiger partial charge is 0.384 e. The van der Waals surface area contributed by atoms with Crippen LogP contribution in [0.1, 0.15) is 35.4 Å². The number of hydrogen-bond acceptors (Lipinski definition) is 4. The first kappa shape index (κ1) is 18.4. The number of hydrogen-bond donors (Lipinski definition) is 0. The maximum atomic E-state index is 12.9. The summed E-state index contributed by atoms with van der Waals surface area (Å²) in [5.74, 6) is 0.580. The number of carbonyl (C=O) groups excluding carboxylic acids is 1. The summed E-state index contributed by atoms with van der Waals surface area (Å²) in [6.07, 6.45) is 3.89. The summed E-state index contributed by atoms with van der Waals surface area (Å²) in [6.45, 7) is 3.77. The van der Waals surface area contributed by atoms with Crippen LogP contribution in [-0.4, -0.2) is 67.7 Å². The highest BCUT2D eigenvalue weighted by molar-refractivity contribution is 7.88. The zero-order valence-corrected chi connectivity index (χ0v) is 15.8. The van der Waals surface area contributed by atoms with Gasteiger partial charge in [0.2, 0.25) is 10.0 Å². The third kappa shape index (κ3) is 4.07. The number of likely N-dealkylation sites (tertiary alicyclic amines) is 1. The van der Waals surface area contributed by atoms with Gasteiger partial charge in [0.05, 0.1) is 12.8 Å². The number of aromatic nitrogens is 1. The molecule has 1 saturated heterocycles. The van der Waals surface area contributed by atoms with Crippen LogP contribution in [0.5, 0.6) is 0 Å². The predicted molar refractivity (Wildman–Crippen MR) is 94.8 cm³/mol. The van der Waals surface area contributed by atoms with E-state index in [9.17, 15) is 13.2 Å². The molecule has 0 aliphatic carbocycles. The standard InChI is InChI=1S/C17H27N3O4S/c1-24-13-14-6-10-18(11-7-14)17(21)16-5-4-15-12-19(25(2,22)23)8-3-9-20(15)16/h4-5,14H,3,6-13H2,1-2H3. The average Bonchev–Trinajstić information content (AvgIpc) is 2.83. The van der Waals surface area contributed by atoms with Crippen molar-refractivity contribution in [2.45, 2.75) is 32.4 Å². The Morgan fingerprint density at radius 2 is 1.92 bits per heavy atom. The van der Waals surface area contributed by atoms with Crippen molar-refractivity contribution in [3.05, 3.63) is 23.5 Å². The van der Waals surface area contributed by atoms with Crippen LogP contribution >= 0.6 is 0 Å². The zero-order chi connectivity index (χ0) is 18.0. The lowest BCUT2D eigenvalue weighted by Gasteiger charge is -2.32. The lowest BCUT2D eigenvalue weighted by Crippen LogP contribution is -2.40. The molecule has 3 heterocycles. The van der Waals surface area contributed by atoms with E-state index in [2.05, 4.69) is 0 Å². The molecular formula is C17H27N3O4S. The first-order chi connectivity index (χ1) is 11.9. The Balaban J connectivity index is 1.73. The number of carbonyl (C=O) groups is 1. The van der Waals surface area contributed by atoms with Gasteiger partial charge in [-0.05, 0) is 37.3 Å². The quantitative estimate of drug-likeness (QED) is 0.798. The van der Waals surface area contributed by atoms with Crippen LogP contribution in [0, 0.1) is 5.92 Å². The second kappa shape index (κ2) is 7.47. The minimum absolute atomic E-state index is 0.0509. The normalized spacial score (nSPS) is 20.3. The molecule has 2 aliphatic heterocycles. The molecule has 7 nitrogen and oxygen atoms in total. The van der Waals surface area contributed by atoms with E-state index in [1.165, 1.54) is 10.6 Å². The van der Waals surface area contributed by atoms with Crippen molar-refractivity contribution in [3.8, 4) is 0 Å². The molecule has 140 valence electrons. The Bertz CT molecular complexity index is 720. The fourth-order valence-corrected chi connectivity index (χ4v) is 4.57. The molecule has 0 bridgehead atoms. The van der Waals surface area contributed by atoms with Gasteiger partial charge >= 0.3 is 0 Å². The molecule has 3 rings (SSSR count). The third-order valence-corrected chi connectivity index (χ3v) is 6.44. The van der Waals surface area contributed by atoms with Crippen LogP contribution in [0.3, 0.4) is 0 Å². The third-order valence-electron chi connectivity index (χ3n) is 5.19. The molecule has 0 spiro atoms. The number of methoxy groups -OCH3 is 1. The van der Waals surface area contributed by atoms with Gasteiger partial charge in [-0.25, -0.2) is 8.42 Å². The number of amides is 1. The molecule has 0 aromatic carbocycles. The van der Waals surface area contributed by atoms with E-state index >= 15 is 0 Å². The fourth-order valence-electron chi connectivity index (χ4n) is 3.75. The van der Waals surface area contributed by atoms with Crippen LogP contribution in [-0.2, 0) is 27.8 Å². The van der Waals surface area contributed by atoms with Gasteiger partial charge in [0.15, 0.2) is 0 Å². The van der Waals surface area contributed by atoms with Crippen molar-refractivity contribution in [1.29, 1.82) is 0 Å². The molecular weight excluding hydrogens is 342 g/mol. The second-order valence-electron chi connectivity index (χ2n) is 7.00. The number of fused-ring (bicyclic) bond motifs is 1. The van der Waals surface area contributed by atoms with Crippen LogP contribution in [0.25, 0.3) is 0 Å². The Morgan fingerprint density at radius 3 is 2.56 bits per heavy atom. The maximum Gasteiger partial charge on any atom is 0.270 e. The zero-order valence-electron chi connectivity index (χ0n) is 15.0. The van der Waals surface area contributed by atoms with Gasteiger partial charge in [-0.15, -0.1) is 0 Å². The van der Waals surface area contributed by atoms with Crippen LogP contribution in [0.15, 0.2) is 12.1 Å². The SMILES string of the molecule is COCC1CCN(C(=O)c2ccc3n2CCCN(S(C)(=O)=O)C3)CC1. The van der Waals surface area contributed by atoms with E-state index in [-0.39, 0.29) is 5.91 Å². The lowest BCUT2D eigenvalue weighted by atomic mass is 9.97. The van der Waals surface area contributed by atoms with Gasteiger partial charge in [0, 0.05) is 45.6 Å². The smallest absolute Gasteiger partial charge is 0.270 e. The summed E-state index contributed by atoms with van der Waals surface area (Å²) in [5.41, 5.74) is 1.57.